The van der Waals surface area contributed by atoms with E-state index in [9.17, 15) is 0 Å². The highest BCUT2D eigenvalue weighted by molar-refractivity contribution is 7.09. The van der Waals surface area contributed by atoms with Crippen molar-refractivity contribution in [1.29, 1.82) is 0 Å². The lowest BCUT2D eigenvalue weighted by molar-refractivity contribution is 0.0268. The maximum absolute atomic E-state index is 5.39. The second-order valence-electron chi connectivity index (χ2n) is 4.90. The summed E-state index contributed by atoms with van der Waals surface area (Å²) in [7, 11) is 0. The average Bonchev–Trinajstić information content (AvgIpc) is 2.81. The fraction of sp³-hybridized carbons (Fsp3) is 0.900. The highest BCUT2D eigenvalue weighted by Crippen LogP contribution is 2.34. The first-order valence-electron chi connectivity index (χ1n) is 5.65. The highest BCUT2D eigenvalue weighted by atomic mass is 32.1. The lowest BCUT2D eigenvalue weighted by atomic mass is 9.74. The molecule has 0 spiro atoms. The van der Waals surface area contributed by atoms with Crippen LogP contribution in [-0.4, -0.2) is 34.6 Å². The summed E-state index contributed by atoms with van der Waals surface area (Å²) < 4.78 is 9.13. The molecule has 1 aromatic heterocycles. The van der Waals surface area contributed by atoms with E-state index in [4.69, 9.17) is 4.74 Å². The van der Waals surface area contributed by atoms with Crippen LogP contribution in [0.15, 0.2) is 0 Å². The molecule has 0 saturated carbocycles. The summed E-state index contributed by atoms with van der Waals surface area (Å²) in [5, 5.41) is 11.6. The van der Waals surface area contributed by atoms with Crippen molar-refractivity contribution in [3.8, 4) is 0 Å². The molecule has 0 atom stereocenters. The van der Waals surface area contributed by atoms with E-state index in [-0.39, 0.29) is 5.41 Å². The molecule has 0 radical (unpaired) electrons. The zero-order valence-corrected chi connectivity index (χ0v) is 10.6. The van der Waals surface area contributed by atoms with Crippen LogP contribution in [0.2, 0.25) is 0 Å². The molecule has 16 heavy (non-hydrogen) atoms. The van der Waals surface area contributed by atoms with Gasteiger partial charge in [0.15, 0.2) is 0 Å². The Kier molecular flexibility index (Phi) is 3.70. The molecule has 0 unspecified atom stereocenters. The zero-order valence-electron chi connectivity index (χ0n) is 9.77. The van der Waals surface area contributed by atoms with E-state index in [1.54, 1.807) is 0 Å². The van der Waals surface area contributed by atoms with Crippen molar-refractivity contribution >= 4 is 16.7 Å². The van der Waals surface area contributed by atoms with E-state index in [0.717, 1.165) is 43.6 Å². The summed E-state index contributed by atoms with van der Waals surface area (Å²) >= 11 is 1.30. The van der Waals surface area contributed by atoms with Gasteiger partial charge in [0.2, 0.25) is 5.13 Å². The van der Waals surface area contributed by atoms with Crippen LogP contribution >= 0.6 is 11.5 Å². The van der Waals surface area contributed by atoms with Gasteiger partial charge in [-0.05, 0) is 29.4 Å². The molecule has 0 aromatic carbocycles. The Morgan fingerprint density at radius 1 is 1.44 bits per heavy atom. The van der Waals surface area contributed by atoms with Gasteiger partial charge in [0.05, 0.1) is 0 Å². The molecule has 1 aliphatic rings. The lowest BCUT2D eigenvalue weighted by Crippen LogP contribution is -2.35. The van der Waals surface area contributed by atoms with E-state index < -0.39 is 0 Å². The van der Waals surface area contributed by atoms with Crippen molar-refractivity contribution in [3.63, 3.8) is 0 Å². The minimum absolute atomic E-state index is 0.259. The largest absolute Gasteiger partial charge is 0.381 e. The normalized spacial score (nSPS) is 18.6. The Bertz CT molecular complexity index is 309. The molecule has 0 bridgehead atoms. The molecule has 2 rings (SSSR count). The van der Waals surface area contributed by atoms with Crippen molar-refractivity contribution < 1.29 is 4.74 Å². The van der Waals surface area contributed by atoms with E-state index in [2.05, 4.69) is 34.0 Å². The van der Waals surface area contributed by atoms with Crippen molar-refractivity contribution in [3.05, 3.63) is 0 Å². The Balaban J connectivity index is 1.86. The number of rotatable bonds is 4. The molecule has 1 aliphatic heterocycles. The van der Waals surface area contributed by atoms with Gasteiger partial charge in [-0.2, -0.15) is 0 Å². The number of nitrogens with zero attached hydrogens (tertiary/aromatic N) is 3. The van der Waals surface area contributed by atoms with E-state index in [0.29, 0.717) is 0 Å². The minimum Gasteiger partial charge on any atom is -0.381 e. The smallest absolute Gasteiger partial charge is 0.225 e. The molecule has 0 aliphatic carbocycles. The van der Waals surface area contributed by atoms with Gasteiger partial charge in [-0.25, -0.2) is 0 Å². The summed E-state index contributed by atoms with van der Waals surface area (Å²) in [6.07, 6.45) is 2.31. The molecule has 5 nitrogen and oxygen atoms in total. The van der Waals surface area contributed by atoms with E-state index in [1.165, 1.54) is 11.5 Å². The molecule has 1 saturated heterocycles. The van der Waals surface area contributed by atoms with Crippen molar-refractivity contribution in [2.45, 2.75) is 26.7 Å². The number of anilines is 1. The molecule has 90 valence electrons. The second-order valence-corrected chi connectivity index (χ2v) is 5.63. The number of hydrogen-bond donors (Lipinski definition) is 1. The molecule has 1 aromatic rings. The van der Waals surface area contributed by atoms with Gasteiger partial charge in [0.25, 0.3) is 0 Å². The third-order valence-electron chi connectivity index (χ3n) is 3.32. The number of hydrogen-bond acceptors (Lipinski definition) is 6. The molecule has 1 N–H and O–H groups in total. The third-order valence-corrected chi connectivity index (χ3v) is 3.87. The zero-order chi connectivity index (χ0) is 11.4. The molecular weight excluding hydrogens is 224 g/mol. The summed E-state index contributed by atoms with van der Waals surface area (Å²) in [5.74, 6) is 0.717. The van der Waals surface area contributed by atoms with Crippen LogP contribution in [0.5, 0.6) is 0 Å². The predicted molar refractivity (Wildman–Crippen MR) is 63.5 cm³/mol. The van der Waals surface area contributed by atoms with Crippen LogP contribution in [0, 0.1) is 11.3 Å². The average molecular weight is 242 g/mol. The topological polar surface area (TPSA) is 59.9 Å². The molecule has 0 amide bonds. The Labute approximate surface area is 99.8 Å². The molecular formula is C10H18N4OS. The first-order valence-corrected chi connectivity index (χ1v) is 6.42. The van der Waals surface area contributed by atoms with Gasteiger partial charge < -0.3 is 10.1 Å². The standard InChI is InChI=1S/C10H18N4OS/c1-10(2,8-3-5-15-6-4-8)7-11-9-12-13-14-16-9/h8H,3-7H2,1-2H3,(H,11,12,14). The molecule has 2 heterocycles. The quantitative estimate of drug-likeness (QED) is 0.872. The Hall–Kier alpha value is -0.750. The third kappa shape index (κ3) is 2.89. The first-order chi connectivity index (χ1) is 7.68. The van der Waals surface area contributed by atoms with E-state index in [1.807, 2.05) is 0 Å². The van der Waals surface area contributed by atoms with Gasteiger partial charge in [-0.15, -0.1) is 0 Å². The summed E-state index contributed by atoms with van der Waals surface area (Å²) in [6.45, 7) is 7.30. The predicted octanol–water partition coefficient (Wildman–Crippen LogP) is 1.80. The monoisotopic (exact) mass is 242 g/mol. The molecule has 6 heteroatoms. The second kappa shape index (κ2) is 5.05. The van der Waals surface area contributed by atoms with Crippen LogP contribution in [0.25, 0.3) is 0 Å². The van der Waals surface area contributed by atoms with Gasteiger partial charge in [0.1, 0.15) is 0 Å². The van der Waals surface area contributed by atoms with Crippen molar-refractivity contribution in [2.75, 3.05) is 25.1 Å². The van der Waals surface area contributed by atoms with Gasteiger partial charge in [-0.1, -0.05) is 23.4 Å². The van der Waals surface area contributed by atoms with Crippen molar-refractivity contribution in [2.24, 2.45) is 11.3 Å². The van der Waals surface area contributed by atoms with Gasteiger partial charge in [0, 0.05) is 31.3 Å². The highest BCUT2D eigenvalue weighted by Gasteiger charge is 2.30. The Morgan fingerprint density at radius 3 is 2.81 bits per heavy atom. The Morgan fingerprint density at radius 2 is 2.19 bits per heavy atom. The number of ether oxygens (including phenoxy) is 1. The van der Waals surface area contributed by atoms with Gasteiger partial charge >= 0.3 is 0 Å². The first kappa shape index (κ1) is 11.7. The molecule has 1 fully saturated rings. The van der Waals surface area contributed by atoms with E-state index >= 15 is 0 Å². The summed E-state index contributed by atoms with van der Waals surface area (Å²) in [5.41, 5.74) is 0.259. The number of aromatic nitrogens is 3. The maximum atomic E-state index is 5.39. The van der Waals surface area contributed by atoms with Crippen LogP contribution in [0.3, 0.4) is 0 Å². The maximum Gasteiger partial charge on any atom is 0.225 e. The minimum atomic E-state index is 0.259. The van der Waals surface area contributed by atoms with Crippen LogP contribution in [0.4, 0.5) is 5.13 Å². The lowest BCUT2D eigenvalue weighted by Gasteiger charge is -2.36. The van der Waals surface area contributed by atoms with Crippen LogP contribution in [0.1, 0.15) is 26.7 Å². The van der Waals surface area contributed by atoms with Crippen LogP contribution in [-0.2, 0) is 4.74 Å². The van der Waals surface area contributed by atoms with Crippen molar-refractivity contribution in [1.82, 2.24) is 14.8 Å². The fourth-order valence-electron chi connectivity index (χ4n) is 2.13. The fourth-order valence-corrected chi connectivity index (χ4v) is 2.49. The summed E-state index contributed by atoms with van der Waals surface area (Å²) in [6, 6.07) is 0. The summed E-state index contributed by atoms with van der Waals surface area (Å²) in [4.78, 5) is 0. The van der Waals surface area contributed by atoms with Gasteiger partial charge in [-0.3, -0.25) is 0 Å². The number of nitrogens with one attached hydrogen (secondary N) is 1. The van der Waals surface area contributed by atoms with Crippen LogP contribution < -0.4 is 5.32 Å². The SMILES string of the molecule is CC(C)(CNc1nnns1)C1CCOCC1.